The fraction of sp³-hybridized carbons (Fsp3) is 0.500. The number of hydrogen-bond acceptors (Lipinski definition) is 4. The van der Waals surface area contributed by atoms with Crippen molar-refractivity contribution in [3.05, 3.63) is 45.4 Å². The Morgan fingerprint density at radius 1 is 1.27 bits per heavy atom. The molecule has 0 bridgehead atoms. The summed E-state index contributed by atoms with van der Waals surface area (Å²) in [5.74, 6) is 1.71. The third-order valence-corrected chi connectivity index (χ3v) is 4.87. The summed E-state index contributed by atoms with van der Waals surface area (Å²) in [6.07, 6.45) is 3.07. The predicted octanol–water partition coefficient (Wildman–Crippen LogP) is 4.19. The molecule has 142 valence electrons. The van der Waals surface area contributed by atoms with E-state index in [0.29, 0.717) is 13.1 Å². The normalized spacial score (nSPS) is 12.7. The first kappa shape index (κ1) is 20.2. The second-order valence-electron chi connectivity index (χ2n) is 6.36. The molecule has 0 amide bonds. The molecule has 1 atom stereocenters. The highest BCUT2D eigenvalue weighted by molar-refractivity contribution is 7.11. The third kappa shape index (κ3) is 6.33. The molecule has 1 heterocycles. The fourth-order valence-corrected chi connectivity index (χ4v) is 3.08. The SMILES string of the molecule is CCNC(=NCc1ccc(C)cc1OC(C)CC)NCc1ncc(C)s1. The highest BCUT2D eigenvalue weighted by Gasteiger charge is 2.08. The van der Waals surface area contributed by atoms with Crippen LogP contribution < -0.4 is 15.4 Å². The lowest BCUT2D eigenvalue weighted by Crippen LogP contribution is -2.36. The van der Waals surface area contributed by atoms with E-state index in [2.05, 4.69) is 68.4 Å². The molecule has 0 spiro atoms. The van der Waals surface area contributed by atoms with Gasteiger partial charge in [0.25, 0.3) is 0 Å². The molecule has 0 saturated heterocycles. The molecular weight excluding hydrogens is 344 g/mol. The van der Waals surface area contributed by atoms with Crippen LogP contribution in [0.2, 0.25) is 0 Å². The van der Waals surface area contributed by atoms with Crippen LogP contribution in [0.5, 0.6) is 5.75 Å². The van der Waals surface area contributed by atoms with Crippen molar-refractivity contribution >= 4 is 17.3 Å². The lowest BCUT2D eigenvalue weighted by Gasteiger charge is -2.17. The number of ether oxygens (including phenoxy) is 1. The molecular formula is C20H30N4OS. The number of guanidine groups is 1. The van der Waals surface area contributed by atoms with Gasteiger partial charge in [-0.05, 0) is 45.7 Å². The molecule has 0 aliphatic heterocycles. The number of aromatic nitrogens is 1. The predicted molar refractivity (Wildman–Crippen MR) is 110 cm³/mol. The van der Waals surface area contributed by atoms with Crippen molar-refractivity contribution in [1.29, 1.82) is 0 Å². The Bertz CT molecular complexity index is 726. The van der Waals surface area contributed by atoms with Gasteiger partial charge in [0, 0.05) is 23.2 Å². The Balaban J connectivity index is 2.07. The van der Waals surface area contributed by atoms with Crippen LogP contribution in [0.3, 0.4) is 0 Å². The van der Waals surface area contributed by atoms with Crippen molar-refractivity contribution < 1.29 is 4.74 Å². The number of nitrogens with one attached hydrogen (secondary N) is 2. The topological polar surface area (TPSA) is 58.5 Å². The first-order valence-corrected chi connectivity index (χ1v) is 10.0. The van der Waals surface area contributed by atoms with Crippen LogP contribution in [0, 0.1) is 13.8 Å². The molecule has 6 heteroatoms. The van der Waals surface area contributed by atoms with Gasteiger partial charge in [0.2, 0.25) is 0 Å². The van der Waals surface area contributed by atoms with Crippen LogP contribution in [-0.4, -0.2) is 23.6 Å². The van der Waals surface area contributed by atoms with E-state index in [1.165, 1.54) is 10.4 Å². The maximum atomic E-state index is 6.08. The molecule has 1 aromatic carbocycles. The average Bonchev–Trinajstić information content (AvgIpc) is 3.04. The molecule has 0 fully saturated rings. The van der Waals surface area contributed by atoms with Gasteiger partial charge in [-0.15, -0.1) is 11.3 Å². The van der Waals surface area contributed by atoms with Crippen molar-refractivity contribution in [3.8, 4) is 5.75 Å². The van der Waals surface area contributed by atoms with Gasteiger partial charge < -0.3 is 15.4 Å². The number of benzene rings is 1. The summed E-state index contributed by atoms with van der Waals surface area (Å²) in [6.45, 7) is 12.5. The Hall–Kier alpha value is -2.08. The molecule has 2 N–H and O–H groups in total. The molecule has 5 nitrogen and oxygen atoms in total. The highest BCUT2D eigenvalue weighted by Crippen LogP contribution is 2.23. The molecule has 0 radical (unpaired) electrons. The maximum Gasteiger partial charge on any atom is 0.191 e. The zero-order valence-corrected chi connectivity index (χ0v) is 17.2. The van der Waals surface area contributed by atoms with Gasteiger partial charge in [-0.2, -0.15) is 0 Å². The fourth-order valence-electron chi connectivity index (χ4n) is 2.35. The summed E-state index contributed by atoms with van der Waals surface area (Å²) in [4.78, 5) is 10.3. The van der Waals surface area contributed by atoms with E-state index in [9.17, 15) is 0 Å². The molecule has 2 rings (SSSR count). The summed E-state index contributed by atoms with van der Waals surface area (Å²) in [6, 6.07) is 6.30. The van der Waals surface area contributed by atoms with Crippen molar-refractivity contribution in [2.45, 2.75) is 60.2 Å². The number of aliphatic imine (C=N–C) groups is 1. The van der Waals surface area contributed by atoms with Crippen LogP contribution in [-0.2, 0) is 13.1 Å². The Kier molecular flexibility index (Phi) is 7.91. The summed E-state index contributed by atoms with van der Waals surface area (Å²) in [5, 5.41) is 7.70. The standard InChI is InChI=1S/C20H30N4OS/c1-6-15(4)25-18-10-14(3)8-9-17(18)12-23-20(21-7-2)24-13-19-22-11-16(5)26-19/h8-11,15H,6-7,12-13H2,1-5H3,(H2,21,23,24). The van der Waals surface area contributed by atoms with E-state index in [1.54, 1.807) is 11.3 Å². The number of aryl methyl sites for hydroxylation is 2. The van der Waals surface area contributed by atoms with Gasteiger partial charge in [-0.25, -0.2) is 9.98 Å². The molecule has 0 aliphatic carbocycles. The second kappa shape index (κ2) is 10.2. The molecule has 0 saturated carbocycles. The molecule has 2 aromatic rings. The lowest BCUT2D eigenvalue weighted by atomic mass is 10.1. The lowest BCUT2D eigenvalue weighted by molar-refractivity contribution is 0.215. The summed E-state index contributed by atoms with van der Waals surface area (Å²) in [7, 11) is 0. The Labute approximate surface area is 160 Å². The van der Waals surface area contributed by atoms with Gasteiger partial charge in [0.1, 0.15) is 10.8 Å². The first-order chi connectivity index (χ1) is 12.5. The summed E-state index contributed by atoms with van der Waals surface area (Å²) >= 11 is 1.70. The molecule has 1 aromatic heterocycles. The number of rotatable bonds is 8. The van der Waals surface area contributed by atoms with Gasteiger partial charge in [0.15, 0.2) is 5.96 Å². The van der Waals surface area contributed by atoms with Crippen molar-refractivity contribution in [2.75, 3.05) is 6.54 Å². The van der Waals surface area contributed by atoms with E-state index in [1.807, 2.05) is 6.20 Å². The number of nitrogens with zero attached hydrogens (tertiary/aromatic N) is 2. The van der Waals surface area contributed by atoms with Gasteiger partial charge in [0.05, 0.1) is 19.2 Å². The average molecular weight is 375 g/mol. The van der Waals surface area contributed by atoms with Gasteiger partial charge in [-0.3, -0.25) is 0 Å². The molecule has 26 heavy (non-hydrogen) atoms. The third-order valence-electron chi connectivity index (χ3n) is 3.95. The maximum absolute atomic E-state index is 6.08. The summed E-state index contributed by atoms with van der Waals surface area (Å²) in [5.41, 5.74) is 2.29. The summed E-state index contributed by atoms with van der Waals surface area (Å²) < 4.78 is 6.08. The number of thiazole rings is 1. The minimum Gasteiger partial charge on any atom is -0.490 e. The van der Waals surface area contributed by atoms with Crippen LogP contribution >= 0.6 is 11.3 Å². The van der Waals surface area contributed by atoms with Crippen molar-refractivity contribution in [1.82, 2.24) is 15.6 Å². The van der Waals surface area contributed by atoms with E-state index >= 15 is 0 Å². The van der Waals surface area contributed by atoms with E-state index < -0.39 is 0 Å². The van der Waals surface area contributed by atoms with E-state index in [-0.39, 0.29) is 6.10 Å². The largest absolute Gasteiger partial charge is 0.490 e. The van der Waals surface area contributed by atoms with Crippen molar-refractivity contribution in [3.63, 3.8) is 0 Å². The highest BCUT2D eigenvalue weighted by atomic mass is 32.1. The Morgan fingerprint density at radius 3 is 2.73 bits per heavy atom. The Morgan fingerprint density at radius 2 is 2.08 bits per heavy atom. The number of hydrogen-bond donors (Lipinski definition) is 2. The second-order valence-corrected chi connectivity index (χ2v) is 7.68. The van der Waals surface area contributed by atoms with Gasteiger partial charge >= 0.3 is 0 Å². The quantitative estimate of drug-likeness (QED) is 0.537. The van der Waals surface area contributed by atoms with Crippen LogP contribution in [0.25, 0.3) is 0 Å². The monoisotopic (exact) mass is 374 g/mol. The van der Waals surface area contributed by atoms with Crippen molar-refractivity contribution in [2.24, 2.45) is 4.99 Å². The molecule has 0 aliphatic rings. The zero-order valence-electron chi connectivity index (χ0n) is 16.4. The van der Waals surface area contributed by atoms with Crippen LogP contribution in [0.15, 0.2) is 29.4 Å². The van der Waals surface area contributed by atoms with E-state index in [4.69, 9.17) is 9.73 Å². The first-order valence-electron chi connectivity index (χ1n) is 9.21. The zero-order chi connectivity index (χ0) is 18.9. The van der Waals surface area contributed by atoms with Crippen LogP contribution in [0.4, 0.5) is 0 Å². The smallest absolute Gasteiger partial charge is 0.191 e. The van der Waals surface area contributed by atoms with Crippen LogP contribution in [0.1, 0.15) is 48.2 Å². The van der Waals surface area contributed by atoms with Gasteiger partial charge in [-0.1, -0.05) is 19.1 Å². The minimum atomic E-state index is 0.194. The molecule has 1 unspecified atom stereocenters. The van der Waals surface area contributed by atoms with E-state index in [0.717, 1.165) is 35.2 Å². The minimum absolute atomic E-state index is 0.194.